The summed E-state index contributed by atoms with van der Waals surface area (Å²) in [4.78, 5) is -0.0406. The molecular weight excluding hydrogens is 364 g/mol. The van der Waals surface area contributed by atoms with Gasteiger partial charge in [-0.3, -0.25) is 0 Å². The highest BCUT2D eigenvalue weighted by Crippen LogP contribution is 2.38. The lowest BCUT2D eigenvalue weighted by Crippen LogP contribution is -2.31. The molecular formula is C15H12ClF2NO2S2. The fourth-order valence-corrected chi connectivity index (χ4v) is 5.06. The van der Waals surface area contributed by atoms with Gasteiger partial charge in [-0.15, -0.1) is 11.8 Å². The lowest BCUT2D eigenvalue weighted by molar-refractivity contribution is 0.524. The van der Waals surface area contributed by atoms with Gasteiger partial charge in [-0.2, -0.15) is 0 Å². The number of nitrogens with one attached hydrogen (secondary N) is 1. The summed E-state index contributed by atoms with van der Waals surface area (Å²) in [6.45, 7) is 0. The van der Waals surface area contributed by atoms with Crippen LogP contribution in [0.25, 0.3) is 0 Å². The smallest absolute Gasteiger partial charge is 0.207 e. The van der Waals surface area contributed by atoms with Crippen LogP contribution >= 0.6 is 23.4 Å². The van der Waals surface area contributed by atoms with Crippen LogP contribution in [0.15, 0.2) is 46.2 Å². The molecule has 1 heterocycles. The van der Waals surface area contributed by atoms with Gasteiger partial charge in [-0.1, -0.05) is 23.7 Å². The van der Waals surface area contributed by atoms with Crippen LogP contribution in [0.5, 0.6) is 0 Å². The summed E-state index contributed by atoms with van der Waals surface area (Å²) < 4.78 is 55.1. The van der Waals surface area contributed by atoms with Crippen LogP contribution < -0.4 is 4.72 Å². The molecule has 1 atom stereocenters. The third-order valence-electron chi connectivity index (χ3n) is 3.51. The molecule has 0 saturated heterocycles. The minimum atomic E-state index is -4.08. The molecule has 0 spiro atoms. The van der Waals surface area contributed by atoms with E-state index in [0.717, 1.165) is 12.1 Å². The number of hydrogen-bond donors (Lipinski definition) is 1. The van der Waals surface area contributed by atoms with Crippen molar-refractivity contribution in [3.63, 3.8) is 0 Å². The van der Waals surface area contributed by atoms with Crippen molar-refractivity contribution in [3.05, 3.63) is 58.6 Å². The Morgan fingerprint density at radius 3 is 2.70 bits per heavy atom. The summed E-state index contributed by atoms with van der Waals surface area (Å²) in [7, 11) is -4.08. The maximum Gasteiger partial charge on any atom is 0.244 e. The van der Waals surface area contributed by atoms with E-state index < -0.39 is 26.8 Å². The zero-order valence-corrected chi connectivity index (χ0v) is 14.1. The van der Waals surface area contributed by atoms with Crippen LogP contribution in [-0.4, -0.2) is 14.2 Å². The number of rotatable bonds is 3. The Morgan fingerprint density at radius 2 is 1.96 bits per heavy atom. The number of hydrogen-bond acceptors (Lipinski definition) is 3. The molecule has 0 radical (unpaired) electrons. The number of sulfonamides is 1. The van der Waals surface area contributed by atoms with E-state index in [-0.39, 0.29) is 10.8 Å². The predicted molar refractivity (Wildman–Crippen MR) is 86.2 cm³/mol. The summed E-state index contributed by atoms with van der Waals surface area (Å²) in [5.41, 5.74) is 0.569. The molecule has 2 aromatic carbocycles. The second-order valence-corrected chi connectivity index (χ2v) is 8.27. The molecule has 0 saturated carbocycles. The van der Waals surface area contributed by atoms with E-state index in [2.05, 4.69) is 4.72 Å². The van der Waals surface area contributed by atoms with E-state index in [1.54, 1.807) is 6.07 Å². The quantitative estimate of drug-likeness (QED) is 0.877. The Morgan fingerprint density at radius 1 is 1.17 bits per heavy atom. The Hall–Kier alpha value is -1.15. The zero-order valence-electron chi connectivity index (χ0n) is 11.7. The first-order valence-electron chi connectivity index (χ1n) is 6.77. The average molecular weight is 376 g/mol. The fourth-order valence-electron chi connectivity index (χ4n) is 2.45. The number of halogens is 3. The van der Waals surface area contributed by atoms with E-state index in [0.29, 0.717) is 22.6 Å². The van der Waals surface area contributed by atoms with E-state index in [1.807, 2.05) is 0 Å². The van der Waals surface area contributed by atoms with Crippen LogP contribution in [0.4, 0.5) is 8.78 Å². The van der Waals surface area contributed by atoms with Gasteiger partial charge in [-0.05, 0) is 42.0 Å². The largest absolute Gasteiger partial charge is 0.244 e. The third kappa shape index (κ3) is 3.38. The van der Waals surface area contributed by atoms with Crippen LogP contribution in [0.3, 0.4) is 0 Å². The zero-order chi connectivity index (χ0) is 16.6. The standard InChI is InChI=1S/C15H12ClF2NO2S2/c16-9-4-5-14(12(18)8-9)23(20,21)19-13-6-7-22-15-10(13)2-1-3-11(15)17/h1-5,8,13,19H,6-7H2. The summed E-state index contributed by atoms with van der Waals surface area (Å²) in [6, 6.07) is 7.32. The molecule has 3 nitrogen and oxygen atoms in total. The SMILES string of the molecule is O=S(=O)(NC1CCSc2c(F)cccc21)c1ccc(Cl)cc1F. The molecule has 0 bridgehead atoms. The van der Waals surface area contributed by atoms with Crippen molar-refractivity contribution in [2.24, 2.45) is 0 Å². The van der Waals surface area contributed by atoms with Gasteiger partial charge >= 0.3 is 0 Å². The summed E-state index contributed by atoms with van der Waals surface area (Å²) in [5, 5.41) is 0.114. The van der Waals surface area contributed by atoms with Gasteiger partial charge in [0.15, 0.2) is 0 Å². The first-order chi connectivity index (χ1) is 10.9. The van der Waals surface area contributed by atoms with Crippen molar-refractivity contribution >= 4 is 33.4 Å². The molecule has 1 unspecified atom stereocenters. The van der Waals surface area contributed by atoms with E-state index in [9.17, 15) is 17.2 Å². The highest BCUT2D eigenvalue weighted by atomic mass is 35.5. The molecule has 1 N–H and O–H groups in total. The van der Waals surface area contributed by atoms with Crippen molar-refractivity contribution in [2.75, 3.05) is 5.75 Å². The highest BCUT2D eigenvalue weighted by Gasteiger charge is 2.29. The van der Waals surface area contributed by atoms with Gasteiger partial charge in [-0.25, -0.2) is 21.9 Å². The second kappa shape index (κ2) is 6.39. The normalized spacial score (nSPS) is 17.8. The molecule has 0 aromatic heterocycles. The van der Waals surface area contributed by atoms with Gasteiger partial charge in [0.1, 0.15) is 16.5 Å². The van der Waals surface area contributed by atoms with Crippen LogP contribution in [0.2, 0.25) is 5.02 Å². The summed E-state index contributed by atoms with van der Waals surface area (Å²) in [6.07, 6.45) is 0.496. The molecule has 8 heteroatoms. The molecule has 0 fully saturated rings. The lowest BCUT2D eigenvalue weighted by Gasteiger charge is -2.26. The van der Waals surface area contributed by atoms with Crippen molar-refractivity contribution in [1.82, 2.24) is 4.72 Å². The monoisotopic (exact) mass is 375 g/mol. The minimum absolute atomic E-state index is 0.114. The highest BCUT2D eigenvalue weighted by molar-refractivity contribution is 7.99. The number of benzene rings is 2. The molecule has 0 amide bonds. The van der Waals surface area contributed by atoms with Crippen molar-refractivity contribution in [2.45, 2.75) is 22.3 Å². The Balaban J connectivity index is 1.95. The molecule has 1 aliphatic rings. The van der Waals surface area contributed by atoms with Crippen molar-refractivity contribution in [1.29, 1.82) is 0 Å². The molecule has 23 heavy (non-hydrogen) atoms. The number of thioether (sulfide) groups is 1. The first kappa shape index (κ1) is 16.7. The fraction of sp³-hybridized carbons (Fsp3) is 0.200. The molecule has 2 aromatic rings. The maximum absolute atomic E-state index is 13.9. The lowest BCUT2D eigenvalue weighted by atomic mass is 10.0. The van der Waals surface area contributed by atoms with Crippen molar-refractivity contribution < 1.29 is 17.2 Å². The number of fused-ring (bicyclic) bond motifs is 1. The minimum Gasteiger partial charge on any atom is -0.207 e. The van der Waals surface area contributed by atoms with E-state index in [4.69, 9.17) is 11.6 Å². The topological polar surface area (TPSA) is 46.2 Å². The Labute approximate surface area is 142 Å². The molecule has 3 rings (SSSR count). The summed E-state index contributed by atoms with van der Waals surface area (Å²) >= 11 is 6.99. The first-order valence-corrected chi connectivity index (χ1v) is 9.62. The van der Waals surface area contributed by atoms with Crippen LogP contribution in [0, 0.1) is 11.6 Å². The predicted octanol–water partition coefficient (Wildman–Crippen LogP) is 4.13. The molecule has 1 aliphatic heterocycles. The van der Waals surface area contributed by atoms with Gasteiger partial charge in [0.25, 0.3) is 0 Å². The maximum atomic E-state index is 13.9. The van der Waals surface area contributed by atoms with Crippen LogP contribution in [-0.2, 0) is 10.0 Å². The Bertz CT molecular complexity index is 859. The van der Waals surface area contributed by atoms with E-state index >= 15 is 0 Å². The van der Waals surface area contributed by atoms with Gasteiger partial charge < -0.3 is 0 Å². The molecule has 0 aliphatic carbocycles. The molecule has 122 valence electrons. The van der Waals surface area contributed by atoms with Gasteiger partial charge in [0.2, 0.25) is 10.0 Å². The van der Waals surface area contributed by atoms with Crippen molar-refractivity contribution in [3.8, 4) is 0 Å². The van der Waals surface area contributed by atoms with Crippen LogP contribution in [0.1, 0.15) is 18.0 Å². The third-order valence-corrected chi connectivity index (χ3v) is 6.41. The van der Waals surface area contributed by atoms with E-state index in [1.165, 1.54) is 30.0 Å². The second-order valence-electron chi connectivity index (χ2n) is 5.04. The Kier molecular flexibility index (Phi) is 4.64. The average Bonchev–Trinajstić information content (AvgIpc) is 2.47. The summed E-state index contributed by atoms with van der Waals surface area (Å²) in [5.74, 6) is -0.728. The van der Waals surface area contributed by atoms with Gasteiger partial charge in [0, 0.05) is 16.0 Å². The van der Waals surface area contributed by atoms with Gasteiger partial charge in [0.05, 0.1) is 0 Å².